The number of carbonyl (C=O) groups is 1. The third kappa shape index (κ3) is 4.40. The lowest BCUT2D eigenvalue weighted by Crippen LogP contribution is -2.37. The SMILES string of the molecule is CN(C)CCN(Cc1cccc(O)c1)C(=O)Cc1c[nH]c2ncccc12. The molecule has 0 bridgehead atoms. The second-order valence-corrected chi connectivity index (χ2v) is 6.68. The topological polar surface area (TPSA) is 72.5 Å². The first-order valence-electron chi connectivity index (χ1n) is 8.64. The van der Waals surface area contributed by atoms with Gasteiger partial charge >= 0.3 is 0 Å². The van der Waals surface area contributed by atoms with Crippen molar-refractivity contribution in [2.45, 2.75) is 13.0 Å². The van der Waals surface area contributed by atoms with Crippen molar-refractivity contribution in [3.8, 4) is 5.75 Å². The highest BCUT2D eigenvalue weighted by Crippen LogP contribution is 2.18. The monoisotopic (exact) mass is 352 g/mol. The number of phenolic OH excluding ortho intramolecular Hbond substituents is 1. The minimum atomic E-state index is 0.0555. The molecule has 2 aromatic heterocycles. The number of likely N-dealkylation sites (N-methyl/N-ethyl adjacent to an activating group) is 1. The Bertz CT molecular complexity index is 888. The van der Waals surface area contributed by atoms with Gasteiger partial charge in [0, 0.05) is 37.4 Å². The number of hydrogen-bond acceptors (Lipinski definition) is 4. The average molecular weight is 352 g/mol. The zero-order valence-electron chi connectivity index (χ0n) is 15.1. The highest BCUT2D eigenvalue weighted by atomic mass is 16.3. The molecule has 3 aromatic rings. The number of carbonyl (C=O) groups excluding carboxylic acids is 1. The van der Waals surface area contributed by atoms with E-state index in [1.165, 1.54) is 0 Å². The minimum absolute atomic E-state index is 0.0555. The fraction of sp³-hybridized carbons (Fsp3) is 0.300. The third-order valence-corrected chi connectivity index (χ3v) is 4.33. The normalized spacial score (nSPS) is 11.2. The fourth-order valence-corrected chi connectivity index (χ4v) is 2.92. The summed E-state index contributed by atoms with van der Waals surface area (Å²) in [6, 6.07) is 10.9. The van der Waals surface area contributed by atoms with Crippen molar-refractivity contribution in [1.82, 2.24) is 19.8 Å². The van der Waals surface area contributed by atoms with Crippen molar-refractivity contribution >= 4 is 16.9 Å². The number of nitrogens with one attached hydrogen (secondary N) is 1. The Morgan fingerprint density at radius 1 is 1.19 bits per heavy atom. The lowest BCUT2D eigenvalue weighted by molar-refractivity contribution is -0.131. The lowest BCUT2D eigenvalue weighted by atomic mass is 10.1. The first-order valence-corrected chi connectivity index (χ1v) is 8.64. The van der Waals surface area contributed by atoms with Crippen LogP contribution in [-0.4, -0.2) is 58.0 Å². The van der Waals surface area contributed by atoms with Crippen LogP contribution in [0.25, 0.3) is 11.0 Å². The van der Waals surface area contributed by atoms with Gasteiger partial charge in [-0.25, -0.2) is 4.98 Å². The van der Waals surface area contributed by atoms with E-state index < -0.39 is 0 Å². The zero-order chi connectivity index (χ0) is 18.5. The highest BCUT2D eigenvalue weighted by Gasteiger charge is 2.17. The van der Waals surface area contributed by atoms with Crippen molar-refractivity contribution < 1.29 is 9.90 Å². The fourth-order valence-electron chi connectivity index (χ4n) is 2.92. The molecule has 6 heteroatoms. The van der Waals surface area contributed by atoms with Gasteiger partial charge in [-0.3, -0.25) is 4.79 Å². The molecular formula is C20H24N4O2. The van der Waals surface area contributed by atoms with Gasteiger partial charge < -0.3 is 19.9 Å². The van der Waals surface area contributed by atoms with Gasteiger partial charge in [0.25, 0.3) is 0 Å². The molecule has 0 unspecified atom stereocenters. The van der Waals surface area contributed by atoms with Gasteiger partial charge in [-0.15, -0.1) is 0 Å². The second kappa shape index (κ2) is 8.01. The molecule has 1 amide bonds. The maximum Gasteiger partial charge on any atom is 0.227 e. The smallest absolute Gasteiger partial charge is 0.227 e. The van der Waals surface area contributed by atoms with Crippen LogP contribution in [0.3, 0.4) is 0 Å². The summed E-state index contributed by atoms with van der Waals surface area (Å²) in [6.07, 6.45) is 3.90. The van der Waals surface area contributed by atoms with Crippen LogP contribution >= 0.6 is 0 Å². The van der Waals surface area contributed by atoms with E-state index in [-0.39, 0.29) is 11.7 Å². The molecule has 26 heavy (non-hydrogen) atoms. The molecule has 0 saturated carbocycles. The van der Waals surface area contributed by atoms with E-state index in [0.29, 0.717) is 19.5 Å². The first kappa shape index (κ1) is 17.9. The Morgan fingerprint density at radius 2 is 2.04 bits per heavy atom. The number of rotatable bonds is 7. The molecule has 0 saturated heterocycles. The predicted molar refractivity (Wildman–Crippen MR) is 102 cm³/mol. The summed E-state index contributed by atoms with van der Waals surface area (Å²) in [4.78, 5) is 24.3. The largest absolute Gasteiger partial charge is 0.508 e. The molecule has 0 aliphatic carbocycles. The maximum absolute atomic E-state index is 13.0. The zero-order valence-corrected chi connectivity index (χ0v) is 15.1. The van der Waals surface area contributed by atoms with Crippen LogP contribution in [0.4, 0.5) is 0 Å². The van der Waals surface area contributed by atoms with Gasteiger partial charge in [0.1, 0.15) is 11.4 Å². The number of H-pyrrole nitrogens is 1. The molecule has 2 N–H and O–H groups in total. The van der Waals surface area contributed by atoms with E-state index in [9.17, 15) is 9.90 Å². The lowest BCUT2D eigenvalue weighted by Gasteiger charge is -2.24. The van der Waals surface area contributed by atoms with E-state index in [4.69, 9.17) is 0 Å². The van der Waals surface area contributed by atoms with E-state index in [1.54, 1.807) is 24.4 Å². The minimum Gasteiger partial charge on any atom is -0.508 e. The number of aromatic amines is 1. The van der Waals surface area contributed by atoms with E-state index in [1.807, 2.05) is 43.4 Å². The number of nitrogens with zero attached hydrogens (tertiary/aromatic N) is 3. The predicted octanol–water partition coefficient (Wildman–Crippen LogP) is 2.40. The van der Waals surface area contributed by atoms with Gasteiger partial charge in [-0.05, 0) is 49.5 Å². The van der Waals surface area contributed by atoms with Crippen LogP contribution < -0.4 is 0 Å². The summed E-state index contributed by atoms with van der Waals surface area (Å²) in [7, 11) is 3.98. The second-order valence-electron chi connectivity index (χ2n) is 6.68. The highest BCUT2D eigenvalue weighted by molar-refractivity contribution is 5.87. The van der Waals surface area contributed by atoms with E-state index >= 15 is 0 Å². The van der Waals surface area contributed by atoms with Crippen LogP contribution in [0.2, 0.25) is 0 Å². The van der Waals surface area contributed by atoms with Gasteiger partial charge in [0.15, 0.2) is 0 Å². The number of amides is 1. The quantitative estimate of drug-likeness (QED) is 0.685. The third-order valence-electron chi connectivity index (χ3n) is 4.33. The molecule has 0 atom stereocenters. The molecule has 0 aliphatic rings. The number of benzene rings is 1. The Balaban J connectivity index is 1.77. The first-order chi connectivity index (χ1) is 12.5. The number of hydrogen-bond donors (Lipinski definition) is 2. The summed E-state index contributed by atoms with van der Waals surface area (Å²) in [5.41, 5.74) is 2.66. The molecular weight excluding hydrogens is 328 g/mol. The average Bonchev–Trinajstić information content (AvgIpc) is 3.01. The van der Waals surface area contributed by atoms with Crippen LogP contribution in [0.1, 0.15) is 11.1 Å². The molecule has 0 fully saturated rings. The number of phenols is 1. The molecule has 0 spiro atoms. The van der Waals surface area contributed by atoms with Gasteiger partial charge in [-0.1, -0.05) is 12.1 Å². The summed E-state index contributed by atoms with van der Waals surface area (Å²) in [6.45, 7) is 1.88. The van der Waals surface area contributed by atoms with Gasteiger partial charge in [0.2, 0.25) is 5.91 Å². The number of aromatic nitrogens is 2. The molecule has 0 radical (unpaired) electrons. The summed E-state index contributed by atoms with van der Waals surface area (Å²) >= 11 is 0. The van der Waals surface area contributed by atoms with E-state index in [2.05, 4.69) is 14.9 Å². The molecule has 6 nitrogen and oxygen atoms in total. The van der Waals surface area contributed by atoms with Crippen molar-refractivity contribution in [3.63, 3.8) is 0 Å². The van der Waals surface area contributed by atoms with Crippen LogP contribution in [0.15, 0.2) is 48.8 Å². The Hall–Kier alpha value is -2.86. The molecule has 3 rings (SSSR count). The maximum atomic E-state index is 13.0. The summed E-state index contributed by atoms with van der Waals surface area (Å²) in [5.74, 6) is 0.269. The Kier molecular flexibility index (Phi) is 5.53. The van der Waals surface area contributed by atoms with Gasteiger partial charge in [0.05, 0.1) is 6.42 Å². The molecule has 0 aliphatic heterocycles. The molecule has 2 heterocycles. The van der Waals surface area contributed by atoms with Crippen molar-refractivity contribution in [1.29, 1.82) is 0 Å². The number of pyridine rings is 1. The van der Waals surface area contributed by atoms with Crippen LogP contribution in [-0.2, 0) is 17.8 Å². The summed E-state index contributed by atoms with van der Waals surface area (Å²) in [5, 5.41) is 10.7. The van der Waals surface area contributed by atoms with Crippen molar-refractivity contribution in [2.24, 2.45) is 0 Å². The van der Waals surface area contributed by atoms with Crippen molar-refractivity contribution in [2.75, 3.05) is 27.2 Å². The number of aromatic hydroxyl groups is 1. The van der Waals surface area contributed by atoms with Crippen LogP contribution in [0, 0.1) is 0 Å². The van der Waals surface area contributed by atoms with Crippen LogP contribution in [0.5, 0.6) is 5.75 Å². The molecule has 136 valence electrons. The van der Waals surface area contributed by atoms with E-state index in [0.717, 1.165) is 28.7 Å². The standard InChI is InChI=1S/C20H24N4O2/c1-23(2)9-10-24(14-15-5-3-6-17(25)11-15)19(26)12-16-13-22-20-18(16)7-4-8-21-20/h3-8,11,13,25H,9-10,12,14H2,1-2H3,(H,21,22). The Morgan fingerprint density at radius 3 is 2.81 bits per heavy atom. The Labute approximate surface area is 153 Å². The van der Waals surface area contributed by atoms with Gasteiger partial charge in [-0.2, -0.15) is 0 Å². The summed E-state index contributed by atoms with van der Waals surface area (Å²) < 4.78 is 0. The number of fused-ring (bicyclic) bond motifs is 1. The van der Waals surface area contributed by atoms with Crippen molar-refractivity contribution in [3.05, 3.63) is 59.9 Å². The molecule has 1 aromatic carbocycles.